The number of carbonyl (C=O) groups is 2. The summed E-state index contributed by atoms with van der Waals surface area (Å²) in [7, 11) is 3.89. The van der Waals surface area contributed by atoms with Crippen molar-refractivity contribution in [2.24, 2.45) is 5.92 Å². The standard InChI is InChI=1S/C14H25N3O4/c1-16-6-5-10(8-16)9-17(2)14(20)15-7-11-3-4-12(21-11)13(18)19/h10-12H,3-9H2,1-2H3,(H,15,20)(H,18,19). The molecular formula is C14H25N3O4. The smallest absolute Gasteiger partial charge is 0.332 e. The molecule has 21 heavy (non-hydrogen) atoms. The van der Waals surface area contributed by atoms with Crippen LogP contribution in [0.2, 0.25) is 0 Å². The summed E-state index contributed by atoms with van der Waals surface area (Å²) in [4.78, 5) is 26.8. The van der Waals surface area contributed by atoms with Crippen molar-refractivity contribution in [3.05, 3.63) is 0 Å². The third kappa shape index (κ3) is 4.57. The first-order valence-corrected chi connectivity index (χ1v) is 7.51. The number of ether oxygens (including phenoxy) is 1. The van der Waals surface area contributed by atoms with Gasteiger partial charge >= 0.3 is 12.0 Å². The molecule has 2 rings (SSSR count). The molecule has 3 unspecified atom stereocenters. The first-order valence-electron chi connectivity index (χ1n) is 7.51. The number of aliphatic carboxylic acids is 1. The predicted octanol–water partition coefficient (Wildman–Crippen LogP) is 0.212. The first-order chi connectivity index (χ1) is 9.95. The van der Waals surface area contributed by atoms with Crippen LogP contribution >= 0.6 is 0 Å². The van der Waals surface area contributed by atoms with E-state index in [1.807, 2.05) is 0 Å². The number of nitrogens with zero attached hydrogens (tertiary/aromatic N) is 2. The molecule has 2 heterocycles. The lowest BCUT2D eigenvalue weighted by molar-refractivity contribution is -0.149. The monoisotopic (exact) mass is 299 g/mol. The number of likely N-dealkylation sites (tertiary alicyclic amines) is 1. The molecule has 0 aromatic rings. The van der Waals surface area contributed by atoms with Gasteiger partial charge in [0.1, 0.15) is 0 Å². The average molecular weight is 299 g/mol. The van der Waals surface area contributed by atoms with Gasteiger partial charge in [-0.3, -0.25) is 0 Å². The summed E-state index contributed by atoms with van der Waals surface area (Å²) >= 11 is 0. The SMILES string of the molecule is CN1CCC(CN(C)C(=O)NCC2CCC(C(=O)O)O2)C1. The summed E-state index contributed by atoms with van der Waals surface area (Å²) in [5, 5.41) is 11.7. The Morgan fingerprint density at radius 1 is 1.38 bits per heavy atom. The molecule has 0 bridgehead atoms. The van der Waals surface area contributed by atoms with Gasteiger partial charge < -0.3 is 25.0 Å². The van der Waals surface area contributed by atoms with Crippen molar-refractivity contribution in [2.45, 2.75) is 31.5 Å². The Morgan fingerprint density at radius 2 is 2.14 bits per heavy atom. The maximum absolute atomic E-state index is 12.0. The Hall–Kier alpha value is -1.34. The number of urea groups is 1. The van der Waals surface area contributed by atoms with E-state index in [0.717, 1.165) is 26.1 Å². The lowest BCUT2D eigenvalue weighted by atomic mass is 10.1. The molecule has 7 heteroatoms. The highest BCUT2D eigenvalue weighted by Gasteiger charge is 2.31. The number of carbonyl (C=O) groups excluding carboxylic acids is 1. The molecule has 0 aromatic carbocycles. The molecule has 2 aliphatic heterocycles. The Bertz CT molecular complexity index is 390. The highest BCUT2D eigenvalue weighted by atomic mass is 16.5. The second-order valence-electron chi connectivity index (χ2n) is 6.15. The first kappa shape index (κ1) is 16.0. The van der Waals surface area contributed by atoms with Gasteiger partial charge in [0.25, 0.3) is 0 Å². The quantitative estimate of drug-likeness (QED) is 0.758. The molecule has 0 aliphatic carbocycles. The van der Waals surface area contributed by atoms with E-state index in [2.05, 4.69) is 17.3 Å². The van der Waals surface area contributed by atoms with E-state index in [9.17, 15) is 9.59 Å². The van der Waals surface area contributed by atoms with Crippen molar-refractivity contribution < 1.29 is 19.4 Å². The van der Waals surface area contributed by atoms with E-state index in [1.54, 1.807) is 11.9 Å². The fourth-order valence-electron chi connectivity index (χ4n) is 3.02. The second-order valence-corrected chi connectivity index (χ2v) is 6.15. The van der Waals surface area contributed by atoms with Crippen LogP contribution in [0.25, 0.3) is 0 Å². The van der Waals surface area contributed by atoms with Crippen LogP contribution < -0.4 is 5.32 Å². The van der Waals surface area contributed by atoms with Gasteiger partial charge in [0.15, 0.2) is 6.10 Å². The van der Waals surface area contributed by atoms with Crippen molar-refractivity contribution in [1.82, 2.24) is 15.1 Å². The van der Waals surface area contributed by atoms with Crippen LogP contribution in [0.5, 0.6) is 0 Å². The Balaban J connectivity index is 1.66. The van der Waals surface area contributed by atoms with Crippen LogP contribution in [-0.4, -0.2) is 79.4 Å². The average Bonchev–Trinajstić information content (AvgIpc) is 3.05. The number of amides is 2. The van der Waals surface area contributed by atoms with Crippen LogP contribution in [0, 0.1) is 5.92 Å². The number of carboxylic acid groups (broad SMARTS) is 1. The Kier molecular flexibility index (Phi) is 5.41. The van der Waals surface area contributed by atoms with Crippen LogP contribution in [0.15, 0.2) is 0 Å². The molecule has 2 N–H and O–H groups in total. The third-order valence-electron chi connectivity index (χ3n) is 4.23. The fourth-order valence-corrected chi connectivity index (χ4v) is 3.02. The highest BCUT2D eigenvalue weighted by Crippen LogP contribution is 2.19. The number of rotatable bonds is 5. The summed E-state index contributed by atoms with van der Waals surface area (Å²) in [6.45, 7) is 3.24. The van der Waals surface area contributed by atoms with Gasteiger partial charge in [-0.1, -0.05) is 0 Å². The van der Waals surface area contributed by atoms with E-state index in [4.69, 9.17) is 9.84 Å². The topological polar surface area (TPSA) is 82.1 Å². The largest absolute Gasteiger partial charge is 0.479 e. The highest BCUT2D eigenvalue weighted by molar-refractivity contribution is 5.74. The number of hydrogen-bond acceptors (Lipinski definition) is 4. The van der Waals surface area contributed by atoms with Crippen molar-refractivity contribution >= 4 is 12.0 Å². The summed E-state index contributed by atoms with van der Waals surface area (Å²) < 4.78 is 5.36. The van der Waals surface area contributed by atoms with Crippen molar-refractivity contribution in [3.8, 4) is 0 Å². The summed E-state index contributed by atoms with van der Waals surface area (Å²) in [5.41, 5.74) is 0. The zero-order valence-electron chi connectivity index (χ0n) is 12.7. The Morgan fingerprint density at radius 3 is 2.71 bits per heavy atom. The maximum atomic E-state index is 12.0. The molecule has 2 amide bonds. The van der Waals surface area contributed by atoms with Crippen LogP contribution in [-0.2, 0) is 9.53 Å². The minimum atomic E-state index is -0.925. The normalized spacial score (nSPS) is 29.5. The predicted molar refractivity (Wildman–Crippen MR) is 77.2 cm³/mol. The molecule has 3 atom stereocenters. The third-order valence-corrected chi connectivity index (χ3v) is 4.23. The van der Waals surface area contributed by atoms with Crippen LogP contribution in [0.1, 0.15) is 19.3 Å². The van der Waals surface area contributed by atoms with Crippen molar-refractivity contribution in [1.29, 1.82) is 0 Å². The molecule has 7 nitrogen and oxygen atoms in total. The summed E-state index contributed by atoms with van der Waals surface area (Å²) in [5.74, 6) is -0.392. The maximum Gasteiger partial charge on any atom is 0.332 e. The van der Waals surface area contributed by atoms with E-state index < -0.39 is 12.1 Å². The second kappa shape index (κ2) is 7.09. The summed E-state index contributed by atoms with van der Waals surface area (Å²) in [6.07, 6.45) is 1.40. The molecule has 0 saturated carbocycles. The van der Waals surface area contributed by atoms with Crippen LogP contribution in [0.3, 0.4) is 0 Å². The number of carboxylic acids is 1. The minimum Gasteiger partial charge on any atom is -0.479 e. The van der Waals surface area contributed by atoms with E-state index >= 15 is 0 Å². The van der Waals surface area contributed by atoms with E-state index in [-0.39, 0.29) is 12.1 Å². The lowest BCUT2D eigenvalue weighted by Crippen LogP contribution is -2.43. The summed E-state index contributed by atoms with van der Waals surface area (Å²) in [6, 6.07) is -0.119. The van der Waals surface area contributed by atoms with Crippen LogP contribution in [0.4, 0.5) is 4.79 Å². The molecule has 0 radical (unpaired) electrons. The molecule has 2 saturated heterocycles. The molecular weight excluding hydrogens is 274 g/mol. The molecule has 2 fully saturated rings. The molecule has 0 spiro atoms. The lowest BCUT2D eigenvalue weighted by Gasteiger charge is -2.22. The van der Waals surface area contributed by atoms with Crippen molar-refractivity contribution in [2.75, 3.05) is 40.3 Å². The van der Waals surface area contributed by atoms with E-state index in [1.165, 1.54) is 0 Å². The fraction of sp³-hybridized carbons (Fsp3) is 0.857. The zero-order chi connectivity index (χ0) is 15.4. The van der Waals surface area contributed by atoms with E-state index in [0.29, 0.717) is 25.3 Å². The van der Waals surface area contributed by atoms with Gasteiger partial charge in [-0.25, -0.2) is 9.59 Å². The molecule has 2 aliphatic rings. The van der Waals surface area contributed by atoms with Gasteiger partial charge in [0.2, 0.25) is 0 Å². The van der Waals surface area contributed by atoms with Gasteiger partial charge in [0, 0.05) is 26.7 Å². The zero-order valence-corrected chi connectivity index (χ0v) is 12.7. The van der Waals surface area contributed by atoms with Crippen molar-refractivity contribution in [3.63, 3.8) is 0 Å². The van der Waals surface area contributed by atoms with Gasteiger partial charge in [0.05, 0.1) is 6.10 Å². The number of nitrogens with one attached hydrogen (secondary N) is 1. The van der Waals surface area contributed by atoms with Gasteiger partial charge in [-0.05, 0) is 38.8 Å². The van der Waals surface area contributed by atoms with Gasteiger partial charge in [-0.2, -0.15) is 0 Å². The molecule has 0 aromatic heterocycles. The Labute approximate surface area is 125 Å². The number of hydrogen-bond donors (Lipinski definition) is 2. The molecule has 120 valence electrons. The minimum absolute atomic E-state index is 0.119. The van der Waals surface area contributed by atoms with Gasteiger partial charge in [-0.15, -0.1) is 0 Å².